The fourth-order valence-corrected chi connectivity index (χ4v) is 1.44. The lowest BCUT2D eigenvalue weighted by Crippen LogP contribution is -2.28. The Balaban J connectivity index is 2.75. The van der Waals surface area contributed by atoms with Gasteiger partial charge < -0.3 is 10.6 Å². The number of hydrogen-bond acceptors (Lipinski definition) is 1. The van der Waals surface area contributed by atoms with Crippen LogP contribution in [-0.4, -0.2) is 12.6 Å². The molecule has 0 heterocycles. The lowest BCUT2D eigenvalue weighted by Gasteiger charge is -2.07. The molecule has 3 nitrogen and oxygen atoms in total. The molecule has 1 aromatic carbocycles. The van der Waals surface area contributed by atoms with Crippen molar-refractivity contribution in [3.8, 4) is 0 Å². The smallest absolute Gasteiger partial charge is 0.319 e. The number of nitrogens with one attached hydrogen (secondary N) is 2. The summed E-state index contributed by atoms with van der Waals surface area (Å²) in [4.78, 5) is 11.2. The van der Waals surface area contributed by atoms with Crippen LogP contribution in [0, 0.1) is 0 Å². The molecule has 5 heteroatoms. The van der Waals surface area contributed by atoms with Crippen molar-refractivity contribution in [2.75, 3.05) is 11.9 Å². The van der Waals surface area contributed by atoms with Crippen LogP contribution in [0.5, 0.6) is 0 Å². The van der Waals surface area contributed by atoms with E-state index < -0.39 is 0 Å². The Morgan fingerprint density at radius 1 is 1.57 bits per heavy atom. The molecule has 0 aliphatic rings. The van der Waals surface area contributed by atoms with Crippen LogP contribution in [-0.2, 0) is 0 Å². The third-order valence-corrected chi connectivity index (χ3v) is 2.44. The number of anilines is 1. The van der Waals surface area contributed by atoms with Gasteiger partial charge in [-0.3, -0.25) is 0 Å². The SMILES string of the molecule is CCNC(=O)Nc1cc(Cl)ccc1Br. The zero-order valence-electron chi connectivity index (χ0n) is 7.60. The molecular weight excluding hydrogens is 267 g/mol. The molecule has 0 spiro atoms. The van der Waals surface area contributed by atoms with Crippen molar-refractivity contribution < 1.29 is 4.79 Å². The quantitative estimate of drug-likeness (QED) is 0.856. The van der Waals surface area contributed by atoms with Crippen molar-refractivity contribution >= 4 is 39.2 Å². The predicted molar refractivity (Wildman–Crippen MR) is 61.8 cm³/mol. The van der Waals surface area contributed by atoms with E-state index in [0.717, 1.165) is 4.47 Å². The maximum absolute atomic E-state index is 11.2. The van der Waals surface area contributed by atoms with Crippen LogP contribution in [0.3, 0.4) is 0 Å². The lowest BCUT2D eigenvalue weighted by molar-refractivity contribution is 0.252. The zero-order valence-corrected chi connectivity index (χ0v) is 9.95. The number of carbonyl (C=O) groups is 1. The highest BCUT2D eigenvalue weighted by atomic mass is 79.9. The Bertz CT molecular complexity index is 344. The molecular formula is C9H10BrClN2O. The minimum atomic E-state index is -0.240. The summed E-state index contributed by atoms with van der Waals surface area (Å²) in [6.45, 7) is 2.44. The summed E-state index contributed by atoms with van der Waals surface area (Å²) in [6, 6.07) is 4.97. The van der Waals surface area contributed by atoms with Gasteiger partial charge in [-0.2, -0.15) is 0 Å². The third-order valence-electron chi connectivity index (χ3n) is 1.51. The maximum atomic E-state index is 11.2. The molecule has 0 fully saturated rings. The summed E-state index contributed by atoms with van der Waals surface area (Å²) in [7, 11) is 0. The van der Waals surface area contributed by atoms with Crippen LogP contribution < -0.4 is 10.6 Å². The van der Waals surface area contributed by atoms with Crippen LogP contribution in [0.15, 0.2) is 22.7 Å². The van der Waals surface area contributed by atoms with E-state index in [1.807, 2.05) is 6.92 Å². The van der Waals surface area contributed by atoms with Crippen LogP contribution in [0.2, 0.25) is 5.02 Å². The van der Waals surface area contributed by atoms with E-state index >= 15 is 0 Å². The van der Waals surface area contributed by atoms with Crippen molar-refractivity contribution in [3.05, 3.63) is 27.7 Å². The van der Waals surface area contributed by atoms with Crippen molar-refractivity contribution in [3.63, 3.8) is 0 Å². The first-order valence-electron chi connectivity index (χ1n) is 4.13. The molecule has 2 amide bonds. The normalized spacial score (nSPS) is 9.64. The van der Waals surface area contributed by atoms with Gasteiger partial charge in [-0.05, 0) is 41.1 Å². The number of carbonyl (C=O) groups excluding carboxylic acids is 1. The van der Waals surface area contributed by atoms with Gasteiger partial charge in [0.15, 0.2) is 0 Å². The molecule has 1 rings (SSSR count). The average molecular weight is 278 g/mol. The summed E-state index contributed by atoms with van der Waals surface area (Å²) >= 11 is 9.09. The molecule has 0 unspecified atom stereocenters. The molecule has 0 aliphatic carbocycles. The highest BCUT2D eigenvalue weighted by Gasteiger charge is 2.04. The molecule has 0 atom stereocenters. The van der Waals surface area contributed by atoms with Gasteiger partial charge in [0.25, 0.3) is 0 Å². The number of hydrogen-bond donors (Lipinski definition) is 2. The summed E-state index contributed by atoms with van der Waals surface area (Å²) in [5.41, 5.74) is 0.656. The monoisotopic (exact) mass is 276 g/mol. The van der Waals surface area contributed by atoms with Crippen molar-refractivity contribution in [2.24, 2.45) is 0 Å². The second-order valence-corrected chi connectivity index (χ2v) is 3.90. The first kappa shape index (κ1) is 11.3. The van der Waals surface area contributed by atoms with Gasteiger partial charge in [-0.15, -0.1) is 0 Å². The minimum absolute atomic E-state index is 0.240. The second-order valence-electron chi connectivity index (χ2n) is 2.61. The van der Waals surface area contributed by atoms with Crippen molar-refractivity contribution in [2.45, 2.75) is 6.92 Å². The fourth-order valence-electron chi connectivity index (χ4n) is 0.920. The van der Waals surface area contributed by atoms with E-state index in [0.29, 0.717) is 17.3 Å². The number of amides is 2. The van der Waals surface area contributed by atoms with E-state index in [1.165, 1.54) is 0 Å². The van der Waals surface area contributed by atoms with Gasteiger partial charge in [0.05, 0.1) is 5.69 Å². The standard InChI is InChI=1S/C9H10BrClN2O/c1-2-12-9(14)13-8-5-6(11)3-4-7(8)10/h3-5H,2H2,1H3,(H2,12,13,14). The van der Waals surface area contributed by atoms with Gasteiger partial charge in [0, 0.05) is 16.0 Å². The van der Waals surface area contributed by atoms with Gasteiger partial charge in [0.1, 0.15) is 0 Å². The Kier molecular flexibility index (Phi) is 4.22. The highest BCUT2D eigenvalue weighted by molar-refractivity contribution is 9.10. The fraction of sp³-hybridized carbons (Fsp3) is 0.222. The number of rotatable bonds is 2. The minimum Gasteiger partial charge on any atom is -0.338 e. The summed E-state index contributed by atoms with van der Waals surface area (Å²) < 4.78 is 0.799. The second kappa shape index (κ2) is 5.22. The van der Waals surface area contributed by atoms with E-state index in [2.05, 4.69) is 26.6 Å². The Labute approximate surface area is 96.0 Å². The largest absolute Gasteiger partial charge is 0.338 e. The maximum Gasteiger partial charge on any atom is 0.319 e. The molecule has 0 bridgehead atoms. The topological polar surface area (TPSA) is 41.1 Å². The van der Waals surface area contributed by atoms with E-state index in [9.17, 15) is 4.79 Å². The van der Waals surface area contributed by atoms with Crippen molar-refractivity contribution in [1.29, 1.82) is 0 Å². The van der Waals surface area contributed by atoms with Crippen molar-refractivity contribution in [1.82, 2.24) is 5.32 Å². The Hall–Kier alpha value is -0.740. The molecule has 0 aromatic heterocycles. The van der Waals surface area contributed by atoms with Crippen LogP contribution in [0.1, 0.15) is 6.92 Å². The molecule has 0 aliphatic heterocycles. The van der Waals surface area contributed by atoms with Crippen LogP contribution in [0.4, 0.5) is 10.5 Å². The zero-order chi connectivity index (χ0) is 10.6. The highest BCUT2D eigenvalue weighted by Crippen LogP contribution is 2.25. The van der Waals surface area contributed by atoms with E-state index in [-0.39, 0.29) is 6.03 Å². The molecule has 0 radical (unpaired) electrons. The number of urea groups is 1. The molecule has 1 aromatic rings. The predicted octanol–water partition coefficient (Wildman–Crippen LogP) is 3.24. The number of benzene rings is 1. The molecule has 0 saturated carbocycles. The third kappa shape index (κ3) is 3.20. The Morgan fingerprint density at radius 2 is 2.29 bits per heavy atom. The van der Waals surface area contributed by atoms with Gasteiger partial charge in [-0.1, -0.05) is 11.6 Å². The van der Waals surface area contributed by atoms with E-state index in [4.69, 9.17) is 11.6 Å². The molecule has 0 saturated heterocycles. The first-order chi connectivity index (χ1) is 6.63. The first-order valence-corrected chi connectivity index (χ1v) is 5.30. The van der Waals surface area contributed by atoms with Gasteiger partial charge in [0.2, 0.25) is 0 Å². The molecule has 14 heavy (non-hydrogen) atoms. The average Bonchev–Trinajstić information content (AvgIpc) is 2.12. The molecule has 76 valence electrons. The lowest BCUT2D eigenvalue weighted by atomic mass is 10.3. The summed E-state index contributed by atoms with van der Waals surface area (Å²) in [5, 5.41) is 5.88. The van der Waals surface area contributed by atoms with Gasteiger partial charge in [-0.25, -0.2) is 4.79 Å². The van der Waals surface area contributed by atoms with Crippen LogP contribution in [0.25, 0.3) is 0 Å². The molecule has 2 N–H and O–H groups in total. The van der Waals surface area contributed by atoms with E-state index in [1.54, 1.807) is 18.2 Å². The summed E-state index contributed by atoms with van der Waals surface area (Å²) in [6.07, 6.45) is 0. The van der Waals surface area contributed by atoms with Gasteiger partial charge >= 0.3 is 6.03 Å². The number of halogens is 2. The summed E-state index contributed by atoms with van der Waals surface area (Å²) in [5.74, 6) is 0. The Morgan fingerprint density at radius 3 is 2.93 bits per heavy atom. The van der Waals surface area contributed by atoms with Crippen LogP contribution >= 0.6 is 27.5 Å².